The Bertz CT molecular complexity index is 699. The molecule has 0 aliphatic heterocycles. The molecule has 0 amide bonds. The molecule has 22 heavy (non-hydrogen) atoms. The highest BCUT2D eigenvalue weighted by Gasteiger charge is 2.39. The predicted octanol–water partition coefficient (Wildman–Crippen LogP) is 4.29. The molecule has 3 rings (SSSR count). The zero-order valence-electron chi connectivity index (χ0n) is 12.7. The first-order chi connectivity index (χ1) is 10.7. The second kappa shape index (κ2) is 6.17. The van der Waals surface area contributed by atoms with Gasteiger partial charge in [0.1, 0.15) is 12.4 Å². The Morgan fingerprint density at radius 1 is 1.18 bits per heavy atom. The number of carbonyl (C=O) groups excluding carboxylic acids is 1. The topological polar surface area (TPSA) is 38.7 Å². The molecule has 0 heterocycles. The van der Waals surface area contributed by atoms with Gasteiger partial charge in [0.25, 0.3) is 0 Å². The summed E-state index contributed by atoms with van der Waals surface area (Å²) >= 11 is 0. The molecule has 0 saturated heterocycles. The van der Waals surface area contributed by atoms with Crippen molar-refractivity contribution in [3.8, 4) is 5.75 Å². The summed E-state index contributed by atoms with van der Waals surface area (Å²) < 4.78 is 5.97. The van der Waals surface area contributed by atoms with Crippen LogP contribution in [0.2, 0.25) is 0 Å². The first-order valence-corrected chi connectivity index (χ1v) is 7.60. The zero-order valence-corrected chi connectivity index (χ0v) is 12.7. The van der Waals surface area contributed by atoms with Crippen molar-refractivity contribution in [2.45, 2.75) is 38.3 Å². The summed E-state index contributed by atoms with van der Waals surface area (Å²) in [5, 5.41) is 0. The molecule has 1 fully saturated rings. The summed E-state index contributed by atoms with van der Waals surface area (Å²) in [7, 11) is 0. The first kappa shape index (κ1) is 14.6. The second-order valence-corrected chi connectivity index (χ2v) is 5.84. The fourth-order valence-corrected chi connectivity index (χ4v) is 2.84. The summed E-state index contributed by atoms with van der Waals surface area (Å²) in [5.41, 5.74) is 2.90. The lowest BCUT2D eigenvalue weighted by Crippen LogP contribution is -2.31. The Kier molecular flexibility index (Phi) is 4.08. The van der Waals surface area contributed by atoms with Crippen molar-refractivity contribution in [3.63, 3.8) is 0 Å². The number of aliphatic imine (C=N–C) groups is 1. The Balaban J connectivity index is 1.82. The molecule has 3 heteroatoms. The van der Waals surface area contributed by atoms with Crippen molar-refractivity contribution in [3.05, 3.63) is 65.2 Å². The van der Waals surface area contributed by atoms with Gasteiger partial charge in [0.15, 0.2) is 0 Å². The number of hydrogen-bond donors (Lipinski definition) is 0. The van der Waals surface area contributed by atoms with Crippen LogP contribution in [0, 0.1) is 6.92 Å². The first-order valence-electron chi connectivity index (χ1n) is 7.60. The molecule has 1 aliphatic rings. The molecule has 0 bridgehead atoms. The number of hydrogen-bond acceptors (Lipinski definition) is 3. The van der Waals surface area contributed by atoms with Crippen molar-refractivity contribution in [2.75, 3.05) is 0 Å². The molecule has 2 aromatic rings. The van der Waals surface area contributed by atoms with E-state index in [1.54, 1.807) is 6.08 Å². The van der Waals surface area contributed by atoms with E-state index in [2.05, 4.69) is 4.99 Å². The molecule has 0 N–H and O–H groups in total. The van der Waals surface area contributed by atoms with Gasteiger partial charge in [-0.3, -0.25) is 0 Å². The average molecular weight is 293 g/mol. The summed E-state index contributed by atoms with van der Waals surface area (Å²) in [6, 6.07) is 16.2. The van der Waals surface area contributed by atoms with Gasteiger partial charge in [-0.25, -0.2) is 4.79 Å². The third kappa shape index (κ3) is 2.81. The Hall–Kier alpha value is -2.38. The van der Waals surface area contributed by atoms with Crippen LogP contribution in [-0.4, -0.2) is 6.08 Å². The number of isocyanates is 1. The molecule has 112 valence electrons. The minimum Gasteiger partial charge on any atom is -0.489 e. The van der Waals surface area contributed by atoms with E-state index in [1.807, 2.05) is 55.5 Å². The molecule has 0 spiro atoms. The van der Waals surface area contributed by atoms with Crippen LogP contribution in [0.15, 0.2) is 53.5 Å². The molecular weight excluding hydrogens is 274 g/mol. The van der Waals surface area contributed by atoms with Gasteiger partial charge >= 0.3 is 0 Å². The van der Waals surface area contributed by atoms with Gasteiger partial charge in [0, 0.05) is 0 Å². The van der Waals surface area contributed by atoms with Gasteiger partial charge in [0.2, 0.25) is 6.08 Å². The molecule has 1 saturated carbocycles. The maximum absolute atomic E-state index is 10.7. The van der Waals surface area contributed by atoms with E-state index in [-0.39, 0.29) is 5.54 Å². The summed E-state index contributed by atoms with van der Waals surface area (Å²) in [6.07, 6.45) is 4.64. The van der Waals surface area contributed by atoms with Crippen LogP contribution in [0.3, 0.4) is 0 Å². The second-order valence-electron chi connectivity index (χ2n) is 5.84. The maximum Gasteiger partial charge on any atom is 0.235 e. The third-order valence-corrected chi connectivity index (χ3v) is 4.40. The molecule has 0 radical (unpaired) electrons. The Morgan fingerprint density at radius 3 is 2.59 bits per heavy atom. The number of rotatable bonds is 5. The summed E-state index contributed by atoms with van der Waals surface area (Å²) in [5.74, 6) is 0.855. The largest absolute Gasteiger partial charge is 0.489 e. The number of ether oxygens (including phenoxy) is 1. The summed E-state index contributed by atoms with van der Waals surface area (Å²) in [6.45, 7) is 2.57. The van der Waals surface area contributed by atoms with Crippen molar-refractivity contribution < 1.29 is 9.53 Å². The lowest BCUT2D eigenvalue weighted by Gasteiger charge is -2.37. The Morgan fingerprint density at radius 2 is 1.95 bits per heavy atom. The van der Waals surface area contributed by atoms with Crippen LogP contribution in [0.5, 0.6) is 5.75 Å². The maximum atomic E-state index is 10.7. The SMILES string of the molecule is Cc1ccc(C2(N=C=O)CCC2)cc1OCc1ccccc1. The number of benzene rings is 2. The van der Waals surface area contributed by atoms with Gasteiger partial charge in [-0.05, 0) is 48.9 Å². The van der Waals surface area contributed by atoms with Crippen LogP contribution in [-0.2, 0) is 16.9 Å². The quantitative estimate of drug-likeness (QED) is 0.609. The van der Waals surface area contributed by atoms with Crippen molar-refractivity contribution in [2.24, 2.45) is 4.99 Å². The van der Waals surface area contributed by atoms with E-state index in [9.17, 15) is 4.79 Å². The highest BCUT2D eigenvalue weighted by Crippen LogP contribution is 2.45. The molecular formula is C19H19NO2. The van der Waals surface area contributed by atoms with Crippen molar-refractivity contribution in [1.29, 1.82) is 0 Å². The lowest BCUT2D eigenvalue weighted by atomic mass is 9.72. The molecule has 0 atom stereocenters. The van der Waals surface area contributed by atoms with Gasteiger partial charge in [-0.15, -0.1) is 0 Å². The van der Waals surface area contributed by atoms with Crippen LogP contribution in [0.1, 0.15) is 36.0 Å². The minimum absolute atomic E-state index is 0.375. The molecule has 0 unspecified atom stereocenters. The van der Waals surface area contributed by atoms with Crippen molar-refractivity contribution >= 4 is 6.08 Å². The number of aryl methyl sites for hydroxylation is 1. The van der Waals surface area contributed by atoms with Gasteiger partial charge < -0.3 is 4.74 Å². The highest BCUT2D eigenvalue weighted by molar-refractivity contribution is 5.44. The molecule has 1 aliphatic carbocycles. The monoisotopic (exact) mass is 293 g/mol. The van der Waals surface area contributed by atoms with Crippen LogP contribution < -0.4 is 4.74 Å². The number of nitrogens with zero attached hydrogens (tertiary/aromatic N) is 1. The zero-order chi connectivity index (χ0) is 15.4. The molecule has 2 aromatic carbocycles. The minimum atomic E-state index is -0.375. The van der Waals surface area contributed by atoms with Gasteiger partial charge in [0.05, 0.1) is 5.54 Å². The van der Waals surface area contributed by atoms with Crippen molar-refractivity contribution in [1.82, 2.24) is 0 Å². The highest BCUT2D eigenvalue weighted by atomic mass is 16.5. The van der Waals surface area contributed by atoms with E-state index >= 15 is 0 Å². The normalized spacial score (nSPS) is 15.5. The van der Waals surface area contributed by atoms with E-state index in [4.69, 9.17) is 4.74 Å². The third-order valence-electron chi connectivity index (χ3n) is 4.40. The van der Waals surface area contributed by atoms with E-state index in [0.29, 0.717) is 6.61 Å². The average Bonchev–Trinajstić information content (AvgIpc) is 2.51. The molecule has 3 nitrogen and oxygen atoms in total. The van der Waals surface area contributed by atoms with E-state index < -0.39 is 0 Å². The van der Waals surface area contributed by atoms with Gasteiger partial charge in [-0.2, -0.15) is 4.99 Å². The summed E-state index contributed by atoms with van der Waals surface area (Å²) in [4.78, 5) is 14.8. The standard InChI is InChI=1S/C19H19NO2/c1-15-8-9-17(19(20-14-21)10-5-11-19)12-18(15)22-13-16-6-3-2-4-7-16/h2-4,6-9,12H,5,10-11,13H2,1H3. The van der Waals surface area contributed by atoms with Crippen LogP contribution >= 0.6 is 0 Å². The fourth-order valence-electron chi connectivity index (χ4n) is 2.84. The van der Waals surface area contributed by atoms with E-state index in [0.717, 1.165) is 41.7 Å². The molecule has 0 aromatic heterocycles. The van der Waals surface area contributed by atoms with E-state index in [1.165, 1.54) is 0 Å². The lowest BCUT2D eigenvalue weighted by molar-refractivity contribution is 0.253. The van der Waals surface area contributed by atoms with Gasteiger partial charge in [-0.1, -0.05) is 42.5 Å². The van der Waals surface area contributed by atoms with Crippen LogP contribution in [0.4, 0.5) is 0 Å². The predicted molar refractivity (Wildman–Crippen MR) is 85.6 cm³/mol. The Labute approximate surface area is 130 Å². The van der Waals surface area contributed by atoms with Crippen LogP contribution in [0.25, 0.3) is 0 Å². The smallest absolute Gasteiger partial charge is 0.235 e. The fraction of sp³-hybridized carbons (Fsp3) is 0.316.